The van der Waals surface area contributed by atoms with Gasteiger partial charge in [-0.05, 0) is 63.3 Å². The second kappa shape index (κ2) is 6.29. The molecule has 1 aliphatic carbocycles. The van der Waals surface area contributed by atoms with Crippen LogP contribution in [0.1, 0.15) is 37.3 Å². The molecule has 1 aromatic carbocycles. The molecule has 0 aliphatic heterocycles. The number of aliphatic carboxylic acids is 1. The van der Waals surface area contributed by atoms with Crippen LogP contribution >= 0.6 is 0 Å². The Balaban J connectivity index is 2.17. The van der Waals surface area contributed by atoms with Crippen molar-refractivity contribution in [3.05, 3.63) is 29.3 Å². The number of carboxylic acid groups (broad SMARTS) is 1. The van der Waals surface area contributed by atoms with Crippen LogP contribution in [0.3, 0.4) is 0 Å². The third-order valence-electron chi connectivity index (χ3n) is 4.23. The summed E-state index contributed by atoms with van der Waals surface area (Å²) in [5, 5.41) is 9.07. The van der Waals surface area contributed by atoms with Gasteiger partial charge in [-0.3, -0.25) is 9.59 Å². The van der Waals surface area contributed by atoms with Crippen LogP contribution in [0, 0.1) is 25.7 Å². The van der Waals surface area contributed by atoms with Gasteiger partial charge in [-0.1, -0.05) is 6.07 Å². The smallest absolute Gasteiger partial charge is 0.306 e. The van der Waals surface area contributed by atoms with Crippen LogP contribution in [0.15, 0.2) is 18.2 Å². The number of carbonyl (C=O) groups is 2. The number of amides is 1. The Morgan fingerprint density at radius 3 is 2.19 bits per heavy atom. The molecular weight excluding hydrogens is 266 g/mol. The molecule has 0 bridgehead atoms. The lowest BCUT2D eigenvalue weighted by atomic mass is 10.0. The van der Waals surface area contributed by atoms with E-state index >= 15 is 0 Å². The minimum Gasteiger partial charge on any atom is -0.481 e. The molecule has 0 radical (unpaired) electrons. The number of hydrogen-bond acceptors (Lipinski definition) is 2. The van der Waals surface area contributed by atoms with Crippen LogP contribution in [0.5, 0.6) is 0 Å². The lowest BCUT2D eigenvalue weighted by molar-refractivity contribution is -0.141. The van der Waals surface area contributed by atoms with E-state index in [4.69, 9.17) is 5.11 Å². The first-order chi connectivity index (χ1) is 9.92. The molecule has 0 spiro atoms. The standard InChI is InChI=1S/C17H23NO3/c1-4-18(15-8-11(2)7-12(3)9-15)16(19)13-5-6-14(10-13)17(20)21/h7-9,13-14H,4-6,10H2,1-3H3,(H,20,21)/t13-,14+/m1/s1. The topological polar surface area (TPSA) is 57.6 Å². The van der Waals surface area contributed by atoms with E-state index in [1.54, 1.807) is 4.90 Å². The molecule has 1 aromatic rings. The quantitative estimate of drug-likeness (QED) is 0.926. The average Bonchev–Trinajstić information content (AvgIpc) is 2.88. The van der Waals surface area contributed by atoms with Gasteiger partial charge >= 0.3 is 5.97 Å². The van der Waals surface area contributed by atoms with Crippen LogP contribution < -0.4 is 4.90 Å². The molecule has 0 aromatic heterocycles. The summed E-state index contributed by atoms with van der Waals surface area (Å²) in [6, 6.07) is 6.11. The number of hydrogen-bond donors (Lipinski definition) is 1. The predicted octanol–water partition coefficient (Wildman–Crippen LogP) is 3.16. The fourth-order valence-electron chi connectivity index (χ4n) is 3.22. The van der Waals surface area contributed by atoms with Gasteiger partial charge in [0.05, 0.1) is 5.92 Å². The number of carboxylic acids is 1. The van der Waals surface area contributed by atoms with Gasteiger partial charge in [0.1, 0.15) is 0 Å². The van der Waals surface area contributed by atoms with Crippen molar-refractivity contribution in [1.29, 1.82) is 0 Å². The maximum absolute atomic E-state index is 12.7. The molecule has 4 heteroatoms. The van der Waals surface area contributed by atoms with E-state index in [-0.39, 0.29) is 17.7 Å². The number of anilines is 1. The van der Waals surface area contributed by atoms with Crippen molar-refractivity contribution in [1.82, 2.24) is 0 Å². The molecule has 1 amide bonds. The normalized spacial score (nSPS) is 21.3. The van der Waals surface area contributed by atoms with Gasteiger partial charge in [-0.2, -0.15) is 0 Å². The molecule has 21 heavy (non-hydrogen) atoms. The summed E-state index contributed by atoms with van der Waals surface area (Å²) >= 11 is 0. The fourth-order valence-corrected chi connectivity index (χ4v) is 3.22. The largest absolute Gasteiger partial charge is 0.481 e. The van der Waals surface area contributed by atoms with Crippen molar-refractivity contribution in [2.24, 2.45) is 11.8 Å². The molecular formula is C17H23NO3. The van der Waals surface area contributed by atoms with Gasteiger partial charge in [0, 0.05) is 18.2 Å². The highest BCUT2D eigenvalue weighted by atomic mass is 16.4. The number of carbonyl (C=O) groups excluding carboxylic acids is 1. The van der Waals surface area contributed by atoms with E-state index in [1.165, 1.54) is 0 Å². The molecule has 0 unspecified atom stereocenters. The molecule has 2 atom stereocenters. The lowest BCUT2D eigenvalue weighted by Gasteiger charge is -2.25. The van der Waals surface area contributed by atoms with Crippen molar-refractivity contribution >= 4 is 17.6 Å². The molecule has 0 saturated heterocycles. The highest BCUT2D eigenvalue weighted by Gasteiger charge is 2.35. The van der Waals surface area contributed by atoms with Gasteiger partial charge < -0.3 is 10.0 Å². The molecule has 1 aliphatic rings. The molecule has 0 heterocycles. The monoisotopic (exact) mass is 289 g/mol. The summed E-state index contributed by atoms with van der Waals surface area (Å²) in [5.41, 5.74) is 3.18. The van der Waals surface area contributed by atoms with E-state index in [9.17, 15) is 9.59 Å². The SMILES string of the molecule is CCN(C(=O)[C@@H]1CC[C@H](C(=O)O)C1)c1cc(C)cc(C)c1. The lowest BCUT2D eigenvalue weighted by Crippen LogP contribution is -2.35. The third kappa shape index (κ3) is 3.43. The van der Waals surface area contributed by atoms with E-state index in [2.05, 4.69) is 6.07 Å². The van der Waals surface area contributed by atoms with Crippen molar-refractivity contribution in [2.75, 3.05) is 11.4 Å². The Labute approximate surface area is 125 Å². The molecule has 1 fully saturated rings. The fraction of sp³-hybridized carbons (Fsp3) is 0.529. The summed E-state index contributed by atoms with van der Waals surface area (Å²) < 4.78 is 0. The highest BCUT2D eigenvalue weighted by molar-refractivity contribution is 5.95. The Morgan fingerprint density at radius 2 is 1.71 bits per heavy atom. The van der Waals surface area contributed by atoms with Crippen LogP contribution in [0.4, 0.5) is 5.69 Å². The molecule has 2 rings (SSSR count). The van der Waals surface area contributed by atoms with Gasteiger partial charge in [0.25, 0.3) is 0 Å². The highest BCUT2D eigenvalue weighted by Crippen LogP contribution is 2.33. The number of benzene rings is 1. The second-order valence-electron chi connectivity index (χ2n) is 5.97. The van der Waals surface area contributed by atoms with Gasteiger partial charge in [0.2, 0.25) is 5.91 Å². The van der Waals surface area contributed by atoms with Crippen LogP contribution in [0.25, 0.3) is 0 Å². The number of aryl methyl sites for hydroxylation is 2. The Kier molecular flexibility index (Phi) is 4.66. The molecule has 1 N–H and O–H groups in total. The van der Waals surface area contributed by atoms with E-state index in [1.807, 2.05) is 32.9 Å². The number of nitrogens with zero attached hydrogens (tertiary/aromatic N) is 1. The van der Waals surface area contributed by atoms with Crippen LogP contribution in [-0.4, -0.2) is 23.5 Å². The zero-order valence-corrected chi connectivity index (χ0v) is 12.9. The van der Waals surface area contributed by atoms with Gasteiger partial charge in [0.15, 0.2) is 0 Å². The Hall–Kier alpha value is -1.84. The number of rotatable bonds is 4. The average molecular weight is 289 g/mol. The second-order valence-corrected chi connectivity index (χ2v) is 5.97. The molecule has 1 saturated carbocycles. The minimum absolute atomic E-state index is 0.0613. The van der Waals surface area contributed by atoms with Crippen molar-refractivity contribution < 1.29 is 14.7 Å². The van der Waals surface area contributed by atoms with Crippen LogP contribution in [0.2, 0.25) is 0 Å². The first-order valence-electron chi connectivity index (χ1n) is 7.54. The third-order valence-corrected chi connectivity index (χ3v) is 4.23. The van der Waals surface area contributed by atoms with Gasteiger partial charge in [-0.15, -0.1) is 0 Å². The summed E-state index contributed by atoms with van der Waals surface area (Å²) in [6.45, 7) is 6.60. The van der Waals surface area contributed by atoms with Crippen LogP contribution in [-0.2, 0) is 9.59 Å². The summed E-state index contributed by atoms with van der Waals surface area (Å²) in [7, 11) is 0. The zero-order chi connectivity index (χ0) is 15.6. The van der Waals surface area contributed by atoms with Crippen molar-refractivity contribution in [3.8, 4) is 0 Å². The zero-order valence-electron chi connectivity index (χ0n) is 12.9. The maximum atomic E-state index is 12.7. The summed E-state index contributed by atoms with van der Waals surface area (Å²) in [5.74, 6) is -1.24. The summed E-state index contributed by atoms with van der Waals surface area (Å²) in [4.78, 5) is 25.5. The van der Waals surface area contributed by atoms with E-state index in [0.717, 1.165) is 16.8 Å². The predicted molar refractivity (Wildman–Crippen MR) is 82.4 cm³/mol. The van der Waals surface area contributed by atoms with E-state index in [0.29, 0.717) is 25.8 Å². The minimum atomic E-state index is -0.778. The van der Waals surface area contributed by atoms with Gasteiger partial charge in [-0.25, -0.2) is 0 Å². The van der Waals surface area contributed by atoms with E-state index < -0.39 is 5.97 Å². The van der Waals surface area contributed by atoms with Crippen molar-refractivity contribution in [2.45, 2.75) is 40.0 Å². The molecule has 4 nitrogen and oxygen atoms in total. The maximum Gasteiger partial charge on any atom is 0.306 e. The first-order valence-corrected chi connectivity index (χ1v) is 7.54. The Morgan fingerprint density at radius 1 is 1.14 bits per heavy atom. The molecule has 114 valence electrons. The first kappa shape index (κ1) is 15.5. The van der Waals surface area contributed by atoms with Crippen molar-refractivity contribution in [3.63, 3.8) is 0 Å². The summed E-state index contributed by atoms with van der Waals surface area (Å²) in [6.07, 6.45) is 1.75. The Bertz CT molecular complexity index is 533.